The predicted octanol–water partition coefficient (Wildman–Crippen LogP) is 3.57. The molecule has 0 atom stereocenters. The summed E-state index contributed by atoms with van der Waals surface area (Å²) in [7, 11) is 0. The van der Waals surface area contributed by atoms with Crippen LogP contribution in [0.2, 0.25) is 0 Å². The van der Waals surface area contributed by atoms with Gasteiger partial charge in [0, 0.05) is 23.1 Å². The van der Waals surface area contributed by atoms with Gasteiger partial charge in [-0.3, -0.25) is 4.79 Å². The van der Waals surface area contributed by atoms with Crippen LogP contribution in [0, 0.1) is 0 Å². The van der Waals surface area contributed by atoms with Crippen molar-refractivity contribution in [2.24, 2.45) is 0 Å². The highest BCUT2D eigenvalue weighted by Crippen LogP contribution is 2.32. The Morgan fingerprint density at radius 1 is 1.09 bits per heavy atom. The Morgan fingerprint density at radius 3 is 2.43 bits per heavy atom. The van der Waals surface area contributed by atoms with E-state index in [0.29, 0.717) is 23.1 Å². The molecule has 0 aliphatic heterocycles. The zero-order valence-electron chi connectivity index (χ0n) is 12.7. The maximum Gasteiger partial charge on any atom is 0.338 e. The number of ether oxygens (including phenoxy) is 1. The average Bonchev–Trinajstić information content (AvgIpc) is 2.92. The van der Waals surface area contributed by atoms with Gasteiger partial charge >= 0.3 is 5.97 Å². The highest BCUT2D eigenvalue weighted by molar-refractivity contribution is 6.17. The number of benzene rings is 2. The smallest absolute Gasteiger partial charge is 0.338 e. The van der Waals surface area contributed by atoms with Crippen LogP contribution in [-0.2, 0) is 11.2 Å². The van der Waals surface area contributed by atoms with Crippen molar-refractivity contribution in [3.8, 4) is 0 Å². The predicted molar refractivity (Wildman–Crippen MR) is 86.4 cm³/mol. The van der Waals surface area contributed by atoms with Gasteiger partial charge in [0.25, 0.3) is 0 Å². The first-order valence-electron chi connectivity index (χ1n) is 7.44. The quantitative estimate of drug-likeness (QED) is 0.535. The lowest BCUT2D eigenvalue weighted by Gasteiger charge is -2.09. The molecule has 2 aromatic rings. The van der Waals surface area contributed by atoms with E-state index in [9.17, 15) is 14.7 Å². The summed E-state index contributed by atoms with van der Waals surface area (Å²) >= 11 is 0. The molecule has 1 N–H and O–H groups in total. The van der Waals surface area contributed by atoms with Gasteiger partial charge in [-0.1, -0.05) is 42.5 Å². The van der Waals surface area contributed by atoms with Crippen molar-refractivity contribution in [1.29, 1.82) is 0 Å². The van der Waals surface area contributed by atoms with Crippen LogP contribution in [0.3, 0.4) is 0 Å². The second kappa shape index (κ2) is 6.08. The minimum absolute atomic E-state index is 0.158. The van der Waals surface area contributed by atoms with Gasteiger partial charge in [0.15, 0.2) is 5.78 Å². The lowest BCUT2D eigenvalue weighted by Crippen LogP contribution is -2.09. The number of aliphatic hydroxyl groups is 1. The topological polar surface area (TPSA) is 63.6 Å². The van der Waals surface area contributed by atoms with Gasteiger partial charge in [0.2, 0.25) is 0 Å². The number of carbonyl (C=O) groups is 2. The van der Waals surface area contributed by atoms with Crippen molar-refractivity contribution in [3.63, 3.8) is 0 Å². The van der Waals surface area contributed by atoms with Gasteiger partial charge in [-0.2, -0.15) is 0 Å². The minimum atomic E-state index is -0.516. The molecular weight excluding hydrogens is 292 g/mol. The monoisotopic (exact) mass is 308 g/mol. The summed E-state index contributed by atoms with van der Waals surface area (Å²) in [6.07, 6.45) is 0.359. The molecule has 1 aliphatic rings. The van der Waals surface area contributed by atoms with Gasteiger partial charge in [-0.15, -0.1) is 0 Å². The summed E-state index contributed by atoms with van der Waals surface area (Å²) in [5.74, 6) is -0.871. The SMILES string of the molecule is CCOC(=O)c1ccccc1/C(O)=C1\Cc2ccccc2C1=O. The number of aliphatic hydroxyl groups excluding tert-OH is 1. The highest BCUT2D eigenvalue weighted by Gasteiger charge is 2.29. The maximum atomic E-state index is 12.5. The molecule has 0 bridgehead atoms. The molecule has 0 aromatic heterocycles. The number of allylic oxidation sites excluding steroid dienone is 1. The van der Waals surface area contributed by atoms with E-state index in [2.05, 4.69) is 0 Å². The molecule has 1 aliphatic carbocycles. The molecule has 0 fully saturated rings. The van der Waals surface area contributed by atoms with Crippen LogP contribution in [-0.4, -0.2) is 23.5 Å². The summed E-state index contributed by atoms with van der Waals surface area (Å²) in [5.41, 5.74) is 2.36. The highest BCUT2D eigenvalue weighted by atomic mass is 16.5. The first-order chi connectivity index (χ1) is 11.1. The molecule has 2 aromatic carbocycles. The van der Waals surface area contributed by atoms with E-state index in [0.717, 1.165) is 5.56 Å². The van der Waals surface area contributed by atoms with Gasteiger partial charge in [0.05, 0.1) is 12.2 Å². The van der Waals surface area contributed by atoms with Crippen LogP contribution in [0.4, 0.5) is 0 Å². The number of Topliss-reactive ketones (excluding diaryl/α,β-unsaturated/α-hetero) is 1. The normalized spacial score (nSPS) is 15.3. The zero-order chi connectivity index (χ0) is 16.4. The summed E-state index contributed by atoms with van der Waals surface area (Å²) < 4.78 is 5.01. The summed E-state index contributed by atoms with van der Waals surface area (Å²) in [6.45, 7) is 1.96. The van der Waals surface area contributed by atoms with Crippen LogP contribution in [0.5, 0.6) is 0 Å². The number of ketones is 1. The number of rotatable bonds is 3. The Morgan fingerprint density at radius 2 is 1.74 bits per heavy atom. The molecule has 0 spiro atoms. The fourth-order valence-electron chi connectivity index (χ4n) is 2.76. The van der Waals surface area contributed by atoms with E-state index < -0.39 is 5.97 Å². The Kier molecular flexibility index (Phi) is 3.98. The number of carbonyl (C=O) groups excluding carboxylic acids is 2. The molecule has 0 radical (unpaired) electrons. The Bertz CT molecular complexity index is 818. The number of hydrogen-bond donors (Lipinski definition) is 1. The van der Waals surface area contributed by atoms with Crippen LogP contribution >= 0.6 is 0 Å². The average molecular weight is 308 g/mol. The van der Waals surface area contributed by atoms with Gasteiger partial charge < -0.3 is 9.84 Å². The van der Waals surface area contributed by atoms with Gasteiger partial charge in [0.1, 0.15) is 5.76 Å². The Balaban J connectivity index is 2.07. The van der Waals surface area contributed by atoms with Crippen molar-refractivity contribution in [3.05, 3.63) is 76.4 Å². The molecule has 0 saturated carbocycles. The Labute approximate surface area is 134 Å². The van der Waals surface area contributed by atoms with Crippen LogP contribution < -0.4 is 0 Å². The second-order valence-corrected chi connectivity index (χ2v) is 5.26. The molecule has 23 heavy (non-hydrogen) atoms. The van der Waals surface area contributed by atoms with E-state index in [4.69, 9.17) is 4.74 Å². The molecule has 0 unspecified atom stereocenters. The molecule has 116 valence electrons. The number of esters is 1. The van der Waals surface area contributed by atoms with E-state index in [1.165, 1.54) is 0 Å². The number of fused-ring (bicyclic) bond motifs is 1. The van der Waals surface area contributed by atoms with E-state index in [1.807, 2.05) is 12.1 Å². The molecular formula is C19H16O4. The minimum Gasteiger partial charge on any atom is -0.507 e. The standard InChI is InChI=1S/C19H16O4/c1-2-23-19(22)15-10-6-5-9-14(15)18(21)16-11-12-7-3-4-8-13(12)17(16)20/h3-10,21H,2,11H2,1H3/b18-16-. The Hall–Kier alpha value is -2.88. The third-order valence-electron chi connectivity index (χ3n) is 3.87. The fourth-order valence-corrected chi connectivity index (χ4v) is 2.76. The molecule has 4 nitrogen and oxygen atoms in total. The lowest BCUT2D eigenvalue weighted by atomic mass is 10.0. The van der Waals surface area contributed by atoms with E-state index >= 15 is 0 Å². The van der Waals surface area contributed by atoms with Crippen molar-refractivity contribution < 1.29 is 19.4 Å². The van der Waals surface area contributed by atoms with Crippen molar-refractivity contribution in [2.75, 3.05) is 6.61 Å². The fraction of sp³-hybridized carbons (Fsp3) is 0.158. The van der Waals surface area contributed by atoms with E-state index in [-0.39, 0.29) is 23.7 Å². The second-order valence-electron chi connectivity index (χ2n) is 5.26. The number of hydrogen-bond acceptors (Lipinski definition) is 4. The maximum absolute atomic E-state index is 12.5. The zero-order valence-corrected chi connectivity index (χ0v) is 12.7. The molecule has 4 heteroatoms. The first-order valence-corrected chi connectivity index (χ1v) is 7.44. The van der Waals surface area contributed by atoms with Crippen molar-refractivity contribution in [2.45, 2.75) is 13.3 Å². The van der Waals surface area contributed by atoms with E-state index in [1.54, 1.807) is 43.3 Å². The van der Waals surface area contributed by atoms with Crippen LogP contribution in [0.25, 0.3) is 5.76 Å². The molecule has 3 rings (SSSR count). The third-order valence-corrected chi connectivity index (χ3v) is 3.87. The van der Waals surface area contributed by atoms with Gasteiger partial charge in [-0.25, -0.2) is 4.79 Å². The van der Waals surface area contributed by atoms with Gasteiger partial charge in [-0.05, 0) is 18.6 Å². The first kappa shape index (κ1) is 15.0. The molecule has 0 heterocycles. The van der Waals surface area contributed by atoms with Crippen LogP contribution in [0.1, 0.15) is 38.8 Å². The molecule has 0 amide bonds. The van der Waals surface area contributed by atoms with Crippen molar-refractivity contribution >= 4 is 17.5 Å². The summed E-state index contributed by atoms with van der Waals surface area (Å²) in [4.78, 5) is 24.5. The summed E-state index contributed by atoms with van der Waals surface area (Å²) in [6, 6.07) is 13.9. The van der Waals surface area contributed by atoms with Crippen LogP contribution in [0.15, 0.2) is 54.1 Å². The van der Waals surface area contributed by atoms with Crippen molar-refractivity contribution in [1.82, 2.24) is 0 Å². The third kappa shape index (κ3) is 2.63. The largest absolute Gasteiger partial charge is 0.507 e. The molecule has 0 saturated heterocycles. The summed E-state index contributed by atoms with van der Waals surface area (Å²) in [5, 5.41) is 10.6. The lowest BCUT2D eigenvalue weighted by molar-refractivity contribution is 0.0525.